The van der Waals surface area contributed by atoms with Crippen molar-refractivity contribution in [1.29, 1.82) is 0 Å². The fourth-order valence-electron chi connectivity index (χ4n) is 3.38. The summed E-state index contributed by atoms with van der Waals surface area (Å²) in [6.07, 6.45) is 0. The number of hydrogen-bond acceptors (Lipinski definition) is 7. The van der Waals surface area contributed by atoms with Crippen molar-refractivity contribution in [3.63, 3.8) is 0 Å². The van der Waals surface area contributed by atoms with Gasteiger partial charge in [-0.15, -0.1) is 5.10 Å². The lowest BCUT2D eigenvalue weighted by atomic mass is 10.1. The number of fused-ring (bicyclic) bond motifs is 1. The van der Waals surface area contributed by atoms with Crippen LogP contribution in [0, 0.1) is 6.92 Å². The van der Waals surface area contributed by atoms with Crippen molar-refractivity contribution >= 4 is 32.6 Å². The molecule has 180 valence electrons. The van der Waals surface area contributed by atoms with E-state index in [0.29, 0.717) is 22.4 Å². The van der Waals surface area contributed by atoms with Crippen LogP contribution in [0.2, 0.25) is 0 Å². The highest BCUT2D eigenvalue weighted by molar-refractivity contribution is 7.89. The second-order valence-electron chi connectivity index (χ2n) is 7.55. The molecular formula is C25H23N3O6S. The highest BCUT2D eigenvalue weighted by Gasteiger charge is 2.21. The summed E-state index contributed by atoms with van der Waals surface area (Å²) in [5.41, 5.74) is 1.81. The molecule has 0 bridgehead atoms. The monoisotopic (exact) mass is 493 g/mol. The quantitative estimate of drug-likeness (QED) is 0.378. The number of sulfonamides is 1. The van der Waals surface area contributed by atoms with E-state index in [0.717, 1.165) is 5.56 Å². The molecule has 0 atom stereocenters. The third kappa shape index (κ3) is 5.28. The molecule has 1 aromatic heterocycles. The number of aryl methyl sites for hydroxylation is 1. The lowest BCUT2D eigenvalue weighted by molar-refractivity contribution is 0.102. The highest BCUT2D eigenvalue weighted by atomic mass is 32.2. The van der Waals surface area contributed by atoms with Gasteiger partial charge in [-0.3, -0.25) is 4.79 Å². The van der Waals surface area contributed by atoms with Gasteiger partial charge in [-0.05, 0) is 48.9 Å². The van der Waals surface area contributed by atoms with E-state index in [4.69, 9.17) is 13.9 Å². The first-order chi connectivity index (χ1) is 16.8. The Labute approximate surface area is 202 Å². The van der Waals surface area contributed by atoms with E-state index in [-0.39, 0.29) is 21.8 Å². The Bertz CT molecular complexity index is 1580. The second kappa shape index (κ2) is 9.90. The summed E-state index contributed by atoms with van der Waals surface area (Å²) in [5.74, 6) is -0.0943. The van der Waals surface area contributed by atoms with Crippen molar-refractivity contribution in [2.75, 3.05) is 19.5 Å². The summed E-state index contributed by atoms with van der Waals surface area (Å²) in [7, 11) is -1.44. The number of ether oxygens (including phenoxy) is 2. The molecule has 2 N–H and O–H groups in total. The first kappa shape index (κ1) is 23.8. The van der Waals surface area contributed by atoms with Gasteiger partial charge < -0.3 is 19.2 Å². The van der Waals surface area contributed by atoms with E-state index in [1.54, 1.807) is 42.5 Å². The van der Waals surface area contributed by atoms with Crippen LogP contribution in [0.4, 0.5) is 5.69 Å². The molecule has 3 aromatic carbocycles. The number of carbonyl (C=O) groups is 1. The summed E-state index contributed by atoms with van der Waals surface area (Å²) in [5, 5.41) is 7.40. The van der Waals surface area contributed by atoms with Crippen LogP contribution in [-0.2, 0) is 10.0 Å². The molecule has 0 aliphatic heterocycles. The first-order valence-corrected chi connectivity index (χ1v) is 12.0. The fourth-order valence-corrected chi connectivity index (χ4v) is 4.37. The van der Waals surface area contributed by atoms with Gasteiger partial charge in [0.2, 0.25) is 5.55 Å². The Hall–Kier alpha value is -4.31. The third-order valence-electron chi connectivity index (χ3n) is 5.10. The number of para-hydroxylation sites is 1. The minimum atomic E-state index is -4.21. The number of anilines is 1. The number of rotatable bonds is 7. The third-order valence-corrected chi connectivity index (χ3v) is 6.33. The summed E-state index contributed by atoms with van der Waals surface area (Å²) < 4.78 is 42.2. The average molecular weight is 494 g/mol. The van der Waals surface area contributed by atoms with E-state index >= 15 is 0 Å². The summed E-state index contributed by atoms with van der Waals surface area (Å²) in [6, 6.07) is 20.2. The van der Waals surface area contributed by atoms with Crippen LogP contribution in [0.5, 0.6) is 11.5 Å². The molecule has 0 radical (unpaired) electrons. The molecular weight excluding hydrogens is 470 g/mol. The Morgan fingerprint density at radius 2 is 1.74 bits per heavy atom. The van der Waals surface area contributed by atoms with E-state index in [1.807, 2.05) is 25.1 Å². The van der Waals surface area contributed by atoms with Gasteiger partial charge in [0.25, 0.3) is 15.9 Å². The maximum atomic E-state index is 13.1. The van der Waals surface area contributed by atoms with Gasteiger partial charge in [-0.2, -0.15) is 13.2 Å². The molecule has 4 rings (SSSR count). The fraction of sp³-hybridized carbons (Fsp3) is 0.120. The molecule has 1 heterocycles. The number of nitrogens with zero attached hydrogens (tertiary/aromatic N) is 1. The van der Waals surface area contributed by atoms with Gasteiger partial charge in [0.15, 0.2) is 0 Å². The van der Waals surface area contributed by atoms with E-state index in [1.165, 1.54) is 26.4 Å². The molecule has 0 aliphatic carbocycles. The van der Waals surface area contributed by atoms with Gasteiger partial charge in [0.1, 0.15) is 27.5 Å². The maximum absolute atomic E-state index is 13.1. The van der Waals surface area contributed by atoms with Crippen molar-refractivity contribution in [2.45, 2.75) is 11.8 Å². The van der Waals surface area contributed by atoms with Crippen LogP contribution < -0.4 is 25.2 Å². The van der Waals surface area contributed by atoms with Crippen molar-refractivity contribution in [2.24, 2.45) is 5.10 Å². The topological polar surface area (TPSA) is 119 Å². The van der Waals surface area contributed by atoms with Crippen LogP contribution in [0.25, 0.3) is 11.0 Å². The molecule has 35 heavy (non-hydrogen) atoms. The van der Waals surface area contributed by atoms with Crippen LogP contribution in [-0.4, -0.2) is 28.5 Å². The zero-order valence-electron chi connectivity index (χ0n) is 19.2. The maximum Gasteiger partial charge on any atom is 0.280 e. The molecule has 0 fully saturated rings. The van der Waals surface area contributed by atoms with Gasteiger partial charge >= 0.3 is 0 Å². The number of amides is 1. The van der Waals surface area contributed by atoms with Crippen molar-refractivity contribution in [1.82, 2.24) is 4.83 Å². The van der Waals surface area contributed by atoms with Crippen molar-refractivity contribution in [3.8, 4) is 11.5 Å². The lowest BCUT2D eigenvalue weighted by Crippen LogP contribution is -2.27. The molecule has 4 aromatic rings. The zero-order chi connectivity index (χ0) is 25.0. The predicted molar refractivity (Wildman–Crippen MR) is 131 cm³/mol. The number of nitrogens with one attached hydrogen (secondary N) is 2. The van der Waals surface area contributed by atoms with E-state index in [9.17, 15) is 13.2 Å². The lowest BCUT2D eigenvalue weighted by Gasteiger charge is -2.11. The number of methoxy groups -OCH3 is 2. The predicted octanol–water partition coefficient (Wildman–Crippen LogP) is 3.80. The minimum absolute atomic E-state index is 0.0468. The van der Waals surface area contributed by atoms with E-state index in [2.05, 4.69) is 15.2 Å². The number of hydrogen-bond donors (Lipinski definition) is 2. The largest absolute Gasteiger partial charge is 0.497 e. The van der Waals surface area contributed by atoms with Crippen LogP contribution in [0.15, 0.2) is 87.2 Å². The standard InChI is InChI=1S/C25H23N3O6S/c1-16-7-6-9-18(13-16)26-24(29)20-14-17-8-4-5-10-21(17)34-25(20)27-28-35(30,31)23-15-19(32-2)11-12-22(23)33-3/h4-15,28H,1-3H3,(H,26,29). The van der Waals surface area contributed by atoms with Gasteiger partial charge in [0, 0.05) is 17.1 Å². The first-order valence-electron chi connectivity index (χ1n) is 10.5. The molecule has 0 unspecified atom stereocenters. The number of carbonyl (C=O) groups excluding carboxylic acids is 1. The van der Waals surface area contributed by atoms with Gasteiger partial charge in [0.05, 0.1) is 14.2 Å². The molecule has 0 saturated heterocycles. The molecule has 0 spiro atoms. The highest BCUT2D eigenvalue weighted by Crippen LogP contribution is 2.28. The summed E-state index contributed by atoms with van der Waals surface area (Å²) in [6.45, 7) is 1.91. The second-order valence-corrected chi connectivity index (χ2v) is 9.18. The Balaban J connectivity index is 1.78. The van der Waals surface area contributed by atoms with Crippen LogP contribution >= 0.6 is 0 Å². The summed E-state index contributed by atoms with van der Waals surface area (Å²) >= 11 is 0. The summed E-state index contributed by atoms with van der Waals surface area (Å²) in [4.78, 5) is 15.1. The van der Waals surface area contributed by atoms with Gasteiger partial charge in [-0.25, -0.2) is 0 Å². The van der Waals surface area contributed by atoms with Crippen molar-refractivity contribution < 1.29 is 27.1 Å². The molecule has 0 saturated carbocycles. The van der Waals surface area contributed by atoms with E-state index < -0.39 is 15.9 Å². The van der Waals surface area contributed by atoms with Gasteiger partial charge in [-0.1, -0.05) is 30.3 Å². The molecule has 9 nitrogen and oxygen atoms in total. The van der Waals surface area contributed by atoms with Crippen molar-refractivity contribution in [3.05, 3.63) is 89.5 Å². The Morgan fingerprint density at radius 1 is 0.943 bits per heavy atom. The Kier molecular flexibility index (Phi) is 6.74. The SMILES string of the molecule is COc1ccc(OC)c(S(=O)(=O)NN=c2oc3ccccc3cc2C(=O)Nc2cccc(C)c2)c1. The molecule has 0 aliphatic rings. The smallest absolute Gasteiger partial charge is 0.280 e. The average Bonchev–Trinajstić information content (AvgIpc) is 2.86. The van der Waals surface area contributed by atoms with Crippen LogP contribution in [0.3, 0.4) is 0 Å². The normalized spacial score (nSPS) is 11.8. The molecule has 1 amide bonds. The van der Waals surface area contributed by atoms with Crippen LogP contribution in [0.1, 0.15) is 15.9 Å². The zero-order valence-corrected chi connectivity index (χ0v) is 20.0. The minimum Gasteiger partial charge on any atom is -0.497 e. The Morgan fingerprint density at radius 3 is 2.49 bits per heavy atom. The number of benzene rings is 3. The molecule has 10 heteroatoms.